The molecule has 7 nitrogen and oxygen atoms in total. The van der Waals surface area contributed by atoms with Crippen LogP contribution in [0.2, 0.25) is 0 Å². The van der Waals surface area contributed by atoms with Crippen molar-refractivity contribution in [2.75, 3.05) is 18.4 Å². The molecule has 8 heteroatoms. The molecule has 114 valence electrons. The highest BCUT2D eigenvalue weighted by atomic mass is 32.2. The Morgan fingerprint density at radius 2 is 2.05 bits per heavy atom. The minimum absolute atomic E-state index is 0.230. The average molecular weight is 310 g/mol. The van der Waals surface area contributed by atoms with Crippen molar-refractivity contribution in [1.29, 1.82) is 0 Å². The third kappa shape index (κ3) is 4.02. The van der Waals surface area contributed by atoms with Gasteiger partial charge in [0.15, 0.2) is 5.82 Å². The van der Waals surface area contributed by atoms with E-state index in [0.29, 0.717) is 36.9 Å². The van der Waals surface area contributed by atoms with Crippen LogP contribution in [-0.4, -0.2) is 31.6 Å². The van der Waals surface area contributed by atoms with Crippen LogP contribution in [0.3, 0.4) is 0 Å². The Kier molecular flexibility index (Phi) is 4.92. The summed E-state index contributed by atoms with van der Waals surface area (Å²) in [6.45, 7) is 4.34. The Labute approximate surface area is 123 Å². The Hall–Kier alpha value is -1.93. The highest BCUT2D eigenvalue weighted by Gasteiger charge is 2.16. The summed E-state index contributed by atoms with van der Waals surface area (Å²) in [4.78, 5) is 4.32. The van der Waals surface area contributed by atoms with Crippen LogP contribution in [-0.2, 0) is 16.4 Å². The Morgan fingerprint density at radius 1 is 1.29 bits per heavy atom. The van der Waals surface area contributed by atoms with E-state index >= 15 is 0 Å². The van der Waals surface area contributed by atoms with Crippen molar-refractivity contribution in [1.82, 2.24) is 14.9 Å². The zero-order chi connectivity index (χ0) is 15.3. The summed E-state index contributed by atoms with van der Waals surface area (Å²) in [5.41, 5.74) is 0.551. The van der Waals surface area contributed by atoms with E-state index in [1.54, 1.807) is 38.1 Å². The molecule has 2 N–H and O–H groups in total. The van der Waals surface area contributed by atoms with Gasteiger partial charge in [-0.1, -0.05) is 24.2 Å². The van der Waals surface area contributed by atoms with Gasteiger partial charge in [0, 0.05) is 19.5 Å². The normalized spacial score (nSPS) is 11.5. The van der Waals surface area contributed by atoms with Gasteiger partial charge in [0.2, 0.25) is 15.9 Å². The Bertz CT molecular complexity index is 697. The summed E-state index contributed by atoms with van der Waals surface area (Å²) < 4.78 is 31.7. The molecule has 21 heavy (non-hydrogen) atoms. The molecule has 0 spiro atoms. The zero-order valence-electron chi connectivity index (χ0n) is 12.0. The number of rotatable bonds is 7. The first-order valence-electron chi connectivity index (χ1n) is 6.64. The smallest absolute Gasteiger partial charge is 0.242 e. The molecule has 1 aromatic carbocycles. The summed E-state index contributed by atoms with van der Waals surface area (Å²) in [5.74, 6) is 1.10. The first kappa shape index (κ1) is 15.5. The number of hydrogen-bond acceptors (Lipinski definition) is 6. The molecule has 1 aromatic heterocycles. The van der Waals surface area contributed by atoms with E-state index in [-0.39, 0.29) is 4.90 Å². The van der Waals surface area contributed by atoms with Gasteiger partial charge in [-0.15, -0.1) is 0 Å². The molecule has 0 saturated heterocycles. The second-order valence-corrected chi connectivity index (χ2v) is 6.14. The fraction of sp³-hybridized carbons (Fsp3) is 0.385. The van der Waals surface area contributed by atoms with Gasteiger partial charge in [-0.05, 0) is 19.1 Å². The van der Waals surface area contributed by atoms with Gasteiger partial charge in [-0.3, -0.25) is 0 Å². The second-order valence-electron chi connectivity index (χ2n) is 4.41. The second kappa shape index (κ2) is 6.68. The van der Waals surface area contributed by atoms with Crippen LogP contribution in [0.15, 0.2) is 33.7 Å². The molecule has 0 aliphatic carbocycles. The number of benzene rings is 1. The lowest BCUT2D eigenvalue weighted by Crippen LogP contribution is -2.24. The first-order valence-corrected chi connectivity index (χ1v) is 8.13. The third-order valence-corrected chi connectivity index (χ3v) is 4.34. The molecule has 0 amide bonds. The van der Waals surface area contributed by atoms with E-state index in [4.69, 9.17) is 4.52 Å². The van der Waals surface area contributed by atoms with Crippen molar-refractivity contribution in [3.63, 3.8) is 0 Å². The summed E-state index contributed by atoms with van der Waals surface area (Å²) in [6, 6.07) is 6.77. The van der Waals surface area contributed by atoms with Crippen LogP contribution in [0.25, 0.3) is 0 Å². The molecule has 0 unspecified atom stereocenters. The number of hydrogen-bond donors (Lipinski definition) is 2. The molecule has 0 bridgehead atoms. The monoisotopic (exact) mass is 310 g/mol. The zero-order valence-corrected chi connectivity index (χ0v) is 12.8. The number of aryl methyl sites for hydroxylation is 1. The molecular weight excluding hydrogens is 292 g/mol. The van der Waals surface area contributed by atoms with Crippen LogP contribution in [0, 0.1) is 6.92 Å². The van der Waals surface area contributed by atoms with E-state index in [0.717, 1.165) is 0 Å². The van der Waals surface area contributed by atoms with E-state index < -0.39 is 10.0 Å². The van der Waals surface area contributed by atoms with Gasteiger partial charge in [0.1, 0.15) is 4.90 Å². The van der Waals surface area contributed by atoms with Crippen molar-refractivity contribution in [2.24, 2.45) is 0 Å². The van der Waals surface area contributed by atoms with Crippen LogP contribution < -0.4 is 10.0 Å². The molecular formula is C13H18N4O3S. The lowest BCUT2D eigenvalue weighted by Gasteiger charge is -2.11. The summed E-state index contributed by atoms with van der Waals surface area (Å²) >= 11 is 0. The maximum Gasteiger partial charge on any atom is 0.242 e. The number of para-hydroxylation sites is 1. The predicted molar refractivity (Wildman–Crippen MR) is 78.5 cm³/mol. The van der Waals surface area contributed by atoms with Gasteiger partial charge in [-0.2, -0.15) is 4.98 Å². The fourth-order valence-electron chi connectivity index (χ4n) is 1.86. The largest absolute Gasteiger partial charge is 0.383 e. The number of nitrogens with zero attached hydrogens (tertiary/aromatic N) is 2. The van der Waals surface area contributed by atoms with Crippen LogP contribution in [0.4, 0.5) is 5.69 Å². The quantitative estimate of drug-likeness (QED) is 0.801. The van der Waals surface area contributed by atoms with E-state index in [1.807, 2.05) is 0 Å². The lowest BCUT2D eigenvalue weighted by atomic mass is 10.3. The van der Waals surface area contributed by atoms with Gasteiger partial charge in [0.05, 0.1) is 5.69 Å². The lowest BCUT2D eigenvalue weighted by molar-refractivity contribution is 0.377. The Morgan fingerprint density at radius 3 is 2.71 bits per heavy atom. The van der Waals surface area contributed by atoms with Gasteiger partial charge >= 0.3 is 0 Å². The van der Waals surface area contributed by atoms with Gasteiger partial charge in [-0.25, -0.2) is 13.1 Å². The molecule has 0 aliphatic rings. The number of aromatic nitrogens is 2. The van der Waals surface area contributed by atoms with Crippen molar-refractivity contribution >= 4 is 15.7 Å². The van der Waals surface area contributed by atoms with Crippen LogP contribution in [0.1, 0.15) is 18.6 Å². The van der Waals surface area contributed by atoms with Gasteiger partial charge < -0.3 is 9.84 Å². The van der Waals surface area contributed by atoms with E-state index in [2.05, 4.69) is 20.2 Å². The summed E-state index contributed by atoms with van der Waals surface area (Å²) in [7, 11) is -3.50. The third-order valence-electron chi connectivity index (χ3n) is 2.73. The summed E-state index contributed by atoms with van der Waals surface area (Å²) in [6.07, 6.45) is 0.524. The average Bonchev–Trinajstić information content (AvgIpc) is 2.85. The molecule has 0 atom stereocenters. The minimum Gasteiger partial charge on any atom is -0.383 e. The van der Waals surface area contributed by atoms with Crippen LogP contribution in [0.5, 0.6) is 0 Å². The SMILES string of the molecule is CCNS(=O)(=O)c1ccccc1NCCc1nc(C)no1. The number of nitrogens with one attached hydrogen (secondary N) is 2. The maximum absolute atomic E-state index is 12.1. The van der Waals surface area contributed by atoms with Crippen molar-refractivity contribution < 1.29 is 12.9 Å². The van der Waals surface area contributed by atoms with Crippen LogP contribution >= 0.6 is 0 Å². The molecule has 0 fully saturated rings. The highest BCUT2D eigenvalue weighted by molar-refractivity contribution is 7.89. The molecule has 0 aliphatic heterocycles. The first-order chi connectivity index (χ1) is 10.0. The van der Waals surface area contributed by atoms with Crippen molar-refractivity contribution in [3.05, 3.63) is 36.0 Å². The fourth-order valence-corrected chi connectivity index (χ4v) is 3.08. The topological polar surface area (TPSA) is 97.1 Å². The summed E-state index contributed by atoms with van der Waals surface area (Å²) in [5, 5.41) is 6.79. The molecule has 2 aromatic rings. The molecule has 1 heterocycles. The molecule has 0 radical (unpaired) electrons. The molecule has 0 saturated carbocycles. The number of anilines is 1. The van der Waals surface area contributed by atoms with E-state index in [1.165, 1.54) is 0 Å². The number of sulfonamides is 1. The standard InChI is InChI=1S/C13H18N4O3S/c1-3-15-21(18,19)12-7-5-4-6-11(12)14-9-8-13-16-10(2)17-20-13/h4-7,14-15H,3,8-9H2,1-2H3. The van der Waals surface area contributed by atoms with E-state index in [9.17, 15) is 8.42 Å². The predicted octanol–water partition coefficient (Wildman–Crippen LogP) is 1.33. The van der Waals surface area contributed by atoms with Gasteiger partial charge in [0.25, 0.3) is 0 Å². The van der Waals surface area contributed by atoms with Crippen molar-refractivity contribution in [2.45, 2.75) is 25.2 Å². The highest BCUT2D eigenvalue weighted by Crippen LogP contribution is 2.20. The molecule has 2 rings (SSSR count). The van der Waals surface area contributed by atoms with Crippen molar-refractivity contribution in [3.8, 4) is 0 Å². The minimum atomic E-state index is -3.50. The Balaban J connectivity index is 2.06. The maximum atomic E-state index is 12.1.